The summed E-state index contributed by atoms with van der Waals surface area (Å²) in [4.78, 5) is 2.39. The predicted octanol–water partition coefficient (Wildman–Crippen LogP) is 14.2. The zero-order valence-electron chi connectivity index (χ0n) is 30.1. The van der Waals surface area contributed by atoms with E-state index in [9.17, 15) is 0 Å². The largest absolute Gasteiger partial charge is 0.456 e. The number of hydrogen-bond donors (Lipinski definition) is 0. The average molecular weight is 702 g/mol. The van der Waals surface area contributed by atoms with Crippen LogP contribution in [0.5, 0.6) is 0 Å². The van der Waals surface area contributed by atoms with Gasteiger partial charge in [0.1, 0.15) is 11.2 Å². The highest BCUT2D eigenvalue weighted by Gasteiger charge is 2.47. The number of nitrogens with zero attached hydrogens (tertiary/aromatic N) is 1. The second kappa shape index (κ2) is 12.5. The topological polar surface area (TPSA) is 16.4 Å². The van der Waals surface area contributed by atoms with E-state index in [1.54, 1.807) is 0 Å². The normalized spacial score (nSPS) is 12.9. The molecule has 258 valence electrons. The Morgan fingerprint density at radius 2 is 0.982 bits per heavy atom. The van der Waals surface area contributed by atoms with Crippen molar-refractivity contribution in [1.29, 1.82) is 0 Å². The summed E-state index contributed by atoms with van der Waals surface area (Å²) >= 11 is 0. The van der Waals surface area contributed by atoms with Crippen molar-refractivity contribution in [2.45, 2.75) is 5.41 Å². The third-order valence-electron chi connectivity index (χ3n) is 11.5. The molecule has 0 N–H and O–H groups in total. The van der Waals surface area contributed by atoms with Crippen LogP contribution in [0.25, 0.3) is 55.0 Å². The number of furan rings is 1. The van der Waals surface area contributed by atoms with Crippen LogP contribution >= 0.6 is 0 Å². The Kier molecular flexibility index (Phi) is 7.11. The molecule has 0 radical (unpaired) electrons. The van der Waals surface area contributed by atoms with Crippen LogP contribution in [0.15, 0.2) is 217 Å². The molecular formula is C53H35NO. The molecule has 1 aliphatic rings. The first-order valence-corrected chi connectivity index (χ1v) is 18.9. The molecule has 0 saturated carbocycles. The average Bonchev–Trinajstić information content (AvgIpc) is 3.78. The van der Waals surface area contributed by atoms with Gasteiger partial charge in [0.25, 0.3) is 0 Å². The molecule has 0 fully saturated rings. The molecule has 0 atom stereocenters. The fourth-order valence-electron chi connectivity index (χ4n) is 9.11. The molecule has 11 rings (SSSR count). The summed E-state index contributed by atoms with van der Waals surface area (Å²) in [5.74, 6) is 0. The third kappa shape index (κ3) is 4.82. The van der Waals surface area contributed by atoms with Gasteiger partial charge in [-0.25, -0.2) is 0 Å². The highest BCUT2D eigenvalue weighted by molar-refractivity contribution is 6.15. The number of rotatable bonds is 6. The summed E-state index contributed by atoms with van der Waals surface area (Å²) in [6.45, 7) is 0. The summed E-state index contributed by atoms with van der Waals surface area (Å²) in [6.07, 6.45) is 0. The van der Waals surface area contributed by atoms with Crippen molar-refractivity contribution >= 4 is 49.8 Å². The first-order chi connectivity index (χ1) is 27.3. The van der Waals surface area contributed by atoms with Crippen LogP contribution in [0.2, 0.25) is 0 Å². The van der Waals surface area contributed by atoms with Gasteiger partial charge in [-0.15, -0.1) is 0 Å². The second-order valence-electron chi connectivity index (χ2n) is 14.5. The minimum atomic E-state index is -0.571. The Hall–Kier alpha value is -7.16. The minimum Gasteiger partial charge on any atom is -0.456 e. The van der Waals surface area contributed by atoms with Crippen molar-refractivity contribution in [2.24, 2.45) is 0 Å². The van der Waals surface area contributed by atoms with E-state index in [4.69, 9.17) is 4.42 Å². The molecule has 1 heterocycles. The fourth-order valence-corrected chi connectivity index (χ4v) is 9.11. The number of anilines is 3. The lowest BCUT2D eigenvalue weighted by Gasteiger charge is -2.35. The van der Waals surface area contributed by atoms with Crippen LogP contribution in [-0.2, 0) is 5.41 Å². The quantitative estimate of drug-likeness (QED) is 0.172. The molecule has 2 nitrogen and oxygen atoms in total. The molecule has 1 aliphatic carbocycles. The van der Waals surface area contributed by atoms with Crippen molar-refractivity contribution in [2.75, 3.05) is 4.90 Å². The van der Waals surface area contributed by atoms with Gasteiger partial charge in [-0.05, 0) is 110 Å². The van der Waals surface area contributed by atoms with Crippen molar-refractivity contribution in [3.8, 4) is 22.3 Å². The molecular weight excluding hydrogens is 667 g/mol. The fraction of sp³-hybridized carbons (Fsp3) is 0.0189. The van der Waals surface area contributed by atoms with Gasteiger partial charge in [-0.1, -0.05) is 158 Å². The predicted molar refractivity (Wildman–Crippen MR) is 229 cm³/mol. The molecule has 2 heteroatoms. The lowest BCUT2D eigenvalue weighted by atomic mass is 9.67. The zero-order valence-corrected chi connectivity index (χ0v) is 30.1. The highest BCUT2D eigenvalue weighted by Crippen LogP contribution is 2.59. The SMILES string of the molecule is c1ccc(N(c2ccc(-c3ccc4ccccc4c3)cc2)c2ccc3c(c2)C(c2ccccc2)(c2ccccc2)c2ccc4oc5ccccc5c4c2-3)cc1. The molecule has 0 spiro atoms. The molecule has 0 aliphatic heterocycles. The lowest BCUT2D eigenvalue weighted by Crippen LogP contribution is -2.28. The molecule has 10 aromatic rings. The van der Waals surface area contributed by atoms with Crippen LogP contribution in [0.4, 0.5) is 17.1 Å². The number of fused-ring (bicyclic) bond motifs is 8. The summed E-state index contributed by atoms with van der Waals surface area (Å²) in [6, 6.07) is 77.0. The first kappa shape index (κ1) is 31.4. The van der Waals surface area contributed by atoms with Gasteiger partial charge >= 0.3 is 0 Å². The van der Waals surface area contributed by atoms with Crippen molar-refractivity contribution in [3.63, 3.8) is 0 Å². The molecule has 0 unspecified atom stereocenters. The Bertz CT molecular complexity index is 2980. The van der Waals surface area contributed by atoms with Gasteiger partial charge in [0, 0.05) is 27.8 Å². The first-order valence-electron chi connectivity index (χ1n) is 18.9. The van der Waals surface area contributed by atoms with Crippen LogP contribution in [0.1, 0.15) is 22.3 Å². The molecule has 0 bridgehead atoms. The van der Waals surface area contributed by atoms with Gasteiger partial charge in [-0.2, -0.15) is 0 Å². The lowest BCUT2D eigenvalue weighted by molar-refractivity contribution is 0.668. The molecule has 0 amide bonds. The van der Waals surface area contributed by atoms with Crippen LogP contribution in [0.3, 0.4) is 0 Å². The van der Waals surface area contributed by atoms with Crippen LogP contribution in [0, 0.1) is 0 Å². The van der Waals surface area contributed by atoms with Crippen molar-refractivity contribution < 1.29 is 4.42 Å². The Balaban J connectivity index is 1.16. The molecule has 0 saturated heterocycles. The third-order valence-corrected chi connectivity index (χ3v) is 11.5. The summed E-state index contributed by atoms with van der Waals surface area (Å²) < 4.78 is 6.50. The maximum absolute atomic E-state index is 6.50. The van der Waals surface area contributed by atoms with Gasteiger partial charge in [0.2, 0.25) is 0 Å². The Morgan fingerprint density at radius 3 is 1.73 bits per heavy atom. The maximum Gasteiger partial charge on any atom is 0.136 e. The molecule has 1 aromatic heterocycles. The minimum absolute atomic E-state index is 0.571. The Labute approximate surface area is 320 Å². The van der Waals surface area contributed by atoms with Gasteiger partial charge in [0.15, 0.2) is 0 Å². The van der Waals surface area contributed by atoms with Gasteiger partial charge < -0.3 is 9.32 Å². The smallest absolute Gasteiger partial charge is 0.136 e. The summed E-state index contributed by atoms with van der Waals surface area (Å²) in [5, 5.41) is 4.80. The second-order valence-corrected chi connectivity index (χ2v) is 14.5. The van der Waals surface area contributed by atoms with E-state index < -0.39 is 5.41 Å². The maximum atomic E-state index is 6.50. The van der Waals surface area contributed by atoms with Crippen molar-refractivity contribution in [3.05, 3.63) is 235 Å². The van der Waals surface area contributed by atoms with E-state index in [1.165, 1.54) is 60.7 Å². The summed E-state index contributed by atoms with van der Waals surface area (Å²) in [7, 11) is 0. The standard InChI is InChI=1S/C53H35NO/c1-4-16-40(17-5-1)53(41-18-6-2-7-19-41)47-32-33-50-52(46-22-12-13-23-49(46)55-50)51(47)45-31-30-44(35-48(45)53)54(42-20-8-3-9-21-42)43-28-26-37(27-29-43)39-25-24-36-14-10-11-15-38(36)34-39/h1-35H. The van der Waals surface area contributed by atoms with E-state index in [1.807, 2.05) is 0 Å². The van der Waals surface area contributed by atoms with E-state index in [-0.39, 0.29) is 0 Å². The van der Waals surface area contributed by atoms with E-state index >= 15 is 0 Å². The number of hydrogen-bond acceptors (Lipinski definition) is 2. The van der Waals surface area contributed by atoms with Gasteiger partial charge in [0.05, 0.1) is 5.41 Å². The van der Waals surface area contributed by atoms with E-state index in [2.05, 4.69) is 217 Å². The van der Waals surface area contributed by atoms with Crippen molar-refractivity contribution in [1.82, 2.24) is 0 Å². The number of para-hydroxylation sites is 2. The zero-order chi connectivity index (χ0) is 36.3. The van der Waals surface area contributed by atoms with E-state index in [0.29, 0.717) is 0 Å². The van der Waals surface area contributed by atoms with Crippen LogP contribution in [-0.4, -0.2) is 0 Å². The monoisotopic (exact) mass is 701 g/mol. The Morgan fingerprint density at radius 1 is 0.382 bits per heavy atom. The highest BCUT2D eigenvalue weighted by atomic mass is 16.3. The molecule has 55 heavy (non-hydrogen) atoms. The van der Waals surface area contributed by atoms with E-state index in [0.717, 1.165) is 33.6 Å². The van der Waals surface area contributed by atoms with Gasteiger partial charge in [-0.3, -0.25) is 0 Å². The number of benzene rings is 9. The molecule has 9 aromatic carbocycles. The summed E-state index contributed by atoms with van der Waals surface area (Å²) in [5.41, 5.74) is 14.4. The van der Waals surface area contributed by atoms with Crippen LogP contribution < -0.4 is 4.90 Å².